The van der Waals surface area contributed by atoms with Gasteiger partial charge >= 0.3 is 12.0 Å². The second-order valence-corrected chi connectivity index (χ2v) is 4.43. The number of methoxy groups -OCH3 is 1. The molecule has 0 saturated heterocycles. The standard InChI is InChI=1S/C12H24N2O4/c1-5-6-14(9(2)3)12(17)13-8-10(18-4)7-11(15)16/h9-10H,5-8H2,1-4H3,(H,13,17)(H,15,16). The molecule has 0 aliphatic heterocycles. The van der Waals surface area contributed by atoms with E-state index < -0.39 is 12.1 Å². The Bertz CT molecular complexity index is 269. The molecular weight excluding hydrogens is 236 g/mol. The summed E-state index contributed by atoms with van der Waals surface area (Å²) in [5.41, 5.74) is 0. The van der Waals surface area contributed by atoms with Crippen molar-refractivity contribution >= 4 is 12.0 Å². The second-order valence-electron chi connectivity index (χ2n) is 4.43. The number of carbonyl (C=O) groups excluding carboxylic acids is 1. The van der Waals surface area contributed by atoms with Crippen molar-refractivity contribution in [2.24, 2.45) is 0 Å². The van der Waals surface area contributed by atoms with Gasteiger partial charge < -0.3 is 20.1 Å². The highest BCUT2D eigenvalue weighted by atomic mass is 16.5. The first kappa shape index (κ1) is 16.7. The molecule has 0 rings (SSSR count). The Morgan fingerprint density at radius 1 is 1.39 bits per heavy atom. The molecule has 2 amide bonds. The number of amides is 2. The summed E-state index contributed by atoms with van der Waals surface area (Å²) >= 11 is 0. The van der Waals surface area contributed by atoms with Crippen molar-refractivity contribution < 1.29 is 19.4 Å². The van der Waals surface area contributed by atoms with E-state index in [2.05, 4.69) is 5.32 Å². The zero-order valence-corrected chi connectivity index (χ0v) is 11.6. The summed E-state index contributed by atoms with van der Waals surface area (Å²) < 4.78 is 5.00. The van der Waals surface area contributed by atoms with Crippen LogP contribution in [0.5, 0.6) is 0 Å². The van der Waals surface area contributed by atoms with Gasteiger partial charge in [0.25, 0.3) is 0 Å². The molecule has 2 N–H and O–H groups in total. The normalized spacial score (nSPS) is 12.3. The minimum atomic E-state index is -0.939. The Morgan fingerprint density at radius 2 is 2.00 bits per heavy atom. The van der Waals surface area contributed by atoms with Crippen molar-refractivity contribution in [2.75, 3.05) is 20.2 Å². The summed E-state index contributed by atoms with van der Waals surface area (Å²) in [6.07, 6.45) is 0.266. The molecule has 6 nitrogen and oxygen atoms in total. The number of aliphatic carboxylic acids is 1. The number of urea groups is 1. The molecule has 6 heteroatoms. The van der Waals surface area contributed by atoms with Crippen molar-refractivity contribution in [3.63, 3.8) is 0 Å². The summed E-state index contributed by atoms with van der Waals surface area (Å²) in [5, 5.41) is 11.4. The van der Waals surface area contributed by atoms with Crippen molar-refractivity contribution in [1.29, 1.82) is 0 Å². The van der Waals surface area contributed by atoms with Crippen LogP contribution in [-0.4, -0.2) is 54.4 Å². The van der Waals surface area contributed by atoms with E-state index >= 15 is 0 Å². The maximum absolute atomic E-state index is 11.9. The highest BCUT2D eigenvalue weighted by molar-refractivity contribution is 5.74. The van der Waals surface area contributed by atoms with E-state index in [0.717, 1.165) is 6.42 Å². The molecule has 1 atom stereocenters. The molecule has 1 unspecified atom stereocenters. The Labute approximate surface area is 108 Å². The fourth-order valence-electron chi connectivity index (χ4n) is 1.57. The number of carboxylic acid groups (broad SMARTS) is 1. The van der Waals surface area contributed by atoms with Crippen LogP contribution in [0.25, 0.3) is 0 Å². The molecule has 0 saturated carbocycles. The van der Waals surface area contributed by atoms with Gasteiger partial charge in [0.05, 0.1) is 12.5 Å². The largest absolute Gasteiger partial charge is 0.481 e. The van der Waals surface area contributed by atoms with Crippen LogP contribution in [0.2, 0.25) is 0 Å². The number of nitrogens with zero attached hydrogens (tertiary/aromatic N) is 1. The molecule has 0 aromatic heterocycles. The van der Waals surface area contributed by atoms with Crippen LogP contribution in [0.15, 0.2) is 0 Å². The maximum Gasteiger partial charge on any atom is 0.317 e. The lowest BCUT2D eigenvalue weighted by Crippen LogP contribution is -2.46. The Kier molecular flexibility index (Phi) is 8.11. The maximum atomic E-state index is 11.9. The highest BCUT2D eigenvalue weighted by Gasteiger charge is 2.18. The third kappa shape index (κ3) is 6.44. The average Bonchev–Trinajstić information content (AvgIpc) is 2.30. The molecule has 18 heavy (non-hydrogen) atoms. The van der Waals surface area contributed by atoms with Crippen LogP contribution in [0.4, 0.5) is 4.79 Å². The monoisotopic (exact) mass is 260 g/mol. The Balaban J connectivity index is 4.23. The van der Waals surface area contributed by atoms with E-state index in [9.17, 15) is 9.59 Å². The Morgan fingerprint density at radius 3 is 2.39 bits per heavy atom. The zero-order valence-electron chi connectivity index (χ0n) is 11.6. The number of carboxylic acids is 1. The predicted octanol–water partition coefficient (Wildman–Crippen LogP) is 1.31. The van der Waals surface area contributed by atoms with Crippen LogP contribution in [-0.2, 0) is 9.53 Å². The quantitative estimate of drug-likeness (QED) is 0.689. The second kappa shape index (κ2) is 8.74. The van der Waals surface area contributed by atoms with Crippen LogP contribution >= 0.6 is 0 Å². The molecule has 0 aliphatic rings. The van der Waals surface area contributed by atoms with E-state index in [0.29, 0.717) is 6.54 Å². The molecule has 0 aliphatic carbocycles. The lowest BCUT2D eigenvalue weighted by Gasteiger charge is -2.27. The van der Waals surface area contributed by atoms with Crippen molar-refractivity contribution in [2.45, 2.75) is 45.8 Å². The molecule has 0 heterocycles. The smallest absolute Gasteiger partial charge is 0.317 e. The van der Waals surface area contributed by atoms with Crippen molar-refractivity contribution in [3.05, 3.63) is 0 Å². The molecule has 0 aromatic rings. The summed E-state index contributed by atoms with van der Waals surface area (Å²) in [7, 11) is 1.44. The average molecular weight is 260 g/mol. The van der Waals surface area contributed by atoms with E-state index in [4.69, 9.17) is 9.84 Å². The lowest BCUT2D eigenvalue weighted by atomic mass is 10.2. The minimum absolute atomic E-state index is 0.116. The number of rotatable bonds is 8. The first-order valence-electron chi connectivity index (χ1n) is 6.21. The topological polar surface area (TPSA) is 78.9 Å². The van der Waals surface area contributed by atoms with Gasteiger partial charge in [0, 0.05) is 26.2 Å². The van der Waals surface area contributed by atoms with Gasteiger partial charge in [0.2, 0.25) is 0 Å². The van der Waals surface area contributed by atoms with Crippen LogP contribution in [0.1, 0.15) is 33.6 Å². The highest BCUT2D eigenvalue weighted by Crippen LogP contribution is 2.01. The first-order valence-corrected chi connectivity index (χ1v) is 6.21. The number of carbonyl (C=O) groups is 2. The minimum Gasteiger partial charge on any atom is -0.481 e. The molecule has 0 radical (unpaired) electrons. The molecule has 0 aromatic carbocycles. The molecule has 106 valence electrons. The van der Waals surface area contributed by atoms with Gasteiger partial charge in [0.1, 0.15) is 0 Å². The van der Waals surface area contributed by atoms with Gasteiger partial charge in [-0.15, -0.1) is 0 Å². The first-order chi connectivity index (χ1) is 8.42. The summed E-state index contributed by atoms with van der Waals surface area (Å²) in [5.74, 6) is -0.939. The zero-order chi connectivity index (χ0) is 14.1. The van der Waals surface area contributed by atoms with Crippen LogP contribution in [0.3, 0.4) is 0 Å². The molecule has 0 fully saturated rings. The van der Waals surface area contributed by atoms with Crippen molar-refractivity contribution in [1.82, 2.24) is 10.2 Å². The van der Waals surface area contributed by atoms with E-state index in [1.807, 2.05) is 20.8 Å². The lowest BCUT2D eigenvalue weighted by molar-refractivity contribution is -0.139. The fraction of sp³-hybridized carbons (Fsp3) is 0.833. The van der Waals surface area contributed by atoms with E-state index in [1.165, 1.54) is 7.11 Å². The van der Waals surface area contributed by atoms with Gasteiger partial charge in [-0.1, -0.05) is 6.92 Å². The summed E-state index contributed by atoms with van der Waals surface area (Å²) in [6, 6.07) is -0.0651. The van der Waals surface area contributed by atoms with E-state index in [1.54, 1.807) is 4.90 Å². The van der Waals surface area contributed by atoms with Crippen LogP contribution < -0.4 is 5.32 Å². The molecular formula is C12H24N2O4. The summed E-state index contributed by atoms with van der Waals surface area (Å²) in [4.78, 5) is 24.2. The third-order valence-corrected chi connectivity index (χ3v) is 2.57. The Hall–Kier alpha value is -1.30. The van der Waals surface area contributed by atoms with Gasteiger partial charge in [-0.05, 0) is 20.3 Å². The van der Waals surface area contributed by atoms with Gasteiger partial charge in [0.15, 0.2) is 0 Å². The van der Waals surface area contributed by atoms with Gasteiger partial charge in [-0.3, -0.25) is 4.79 Å². The third-order valence-electron chi connectivity index (χ3n) is 2.57. The molecule has 0 spiro atoms. The molecule has 0 bridgehead atoms. The number of hydrogen-bond acceptors (Lipinski definition) is 3. The SMILES string of the molecule is CCCN(C(=O)NCC(CC(=O)O)OC)C(C)C. The fourth-order valence-corrected chi connectivity index (χ4v) is 1.57. The van der Waals surface area contributed by atoms with Gasteiger partial charge in [-0.2, -0.15) is 0 Å². The van der Waals surface area contributed by atoms with Crippen molar-refractivity contribution in [3.8, 4) is 0 Å². The number of hydrogen-bond donors (Lipinski definition) is 2. The summed E-state index contributed by atoms with van der Waals surface area (Å²) in [6.45, 7) is 6.78. The van der Waals surface area contributed by atoms with E-state index in [-0.39, 0.29) is 25.0 Å². The number of nitrogens with one attached hydrogen (secondary N) is 1. The van der Waals surface area contributed by atoms with Gasteiger partial charge in [-0.25, -0.2) is 4.79 Å². The predicted molar refractivity (Wildman–Crippen MR) is 68.6 cm³/mol. The number of ether oxygens (including phenoxy) is 1. The van der Waals surface area contributed by atoms with Crippen LogP contribution in [0, 0.1) is 0 Å².